The van der Waals surface area contributed by atoms with Crippen LogP contribution in [0.4, 0.5) is 10.1 Å². The summed E-state index contributed by atoms with van der Waals surface area (Å²) in [6.45, 7) is 2.56. The normalized spacial score (nSPS) is 12.5. The molecule has 2 aromatic rings. The van der Waals surface area contributed by atoms with E-state index in [1.54, 1.807) is 19.1 Å². The third-order valence-electron chi connectivity index (χ3n) is 4.36. The van der Waals surface area contributed by atoms with Crippen LogP contribution in [0.1, 0.15) is 12.5 Å². The number of carbonyl (C=O) groups is 2. The number of rotatable bonds is 7. The lowest BCUT2D eigenvalue weighted by Crippen LogP contribution is -2.34. The summed E-state index contributed by atoms with van der Waals surface area (Å²) in [5.74, 6) is 0.0679. The molecule has 0 spiro atoms. The van der Waals surface area contributed by atoms with Gasteiger partial charge in [-0.2, -0.15) is 0 Å². The molecular formula is C22H22FNO6. The van der Waals surface area contributed by atoms with Gasteiger partial charge in [0.2, 0.25) is 5.75 Å². The van der Waals surface area contributed by atoms with Crippen molar-refractivity contribution >= 4 is 23.6 Å². The molecule has 0 unspecified atom stereocenters. The van der Waals surface area contributed by atoms with Crippen LogP contribution < -0.4 is 19.1 Å². The van der Waals surface area contributed by atoms with Crippen molar-refractivity contribution in [1.29, 1.82) is 0 Å². The van der Waals surface area contributed by atoms with Gasteiger partial charge in [0.1, 0.15) is 19.0 Å². The number of anilines is 1. The highest BCUT2D eigenvalue weighted by Gasteiger charge is 2.18. The fourth-order valence-electron chi connectivity index (χ4n) is 2.94. The summed E-state index contributed by atoms with van der Waals surface area (Å²) >= 11 is 0. The fourth-order valence-corrected chi connectivity index (χ4v) is 2.94. The molecule has 158 valence electrons. The quantitative estimate of drug-likeness (QED) is 0.511. The maximum Gasteiger partial charge on any atom is 0.331 e. The molecule has 1 aliphatic rings. The molecule has 0 saturated carbocycles. The Balaban J connectivity index is 1.60. The van der Waals surface area contributed by atoms with Crippen LogP contribution in [0.25, 0.3) is 6.08 Å². The van der Waals surface area contributed by atoms with E-state index in [2.05, 4.69) is 0 Å². The summed E-state index contributed by atoms with van der Waals surface area (Å²) < 4.78 is 34.5. The number of likely N-dealkylation sites (N-methyl/N-ethyl adjacent to an activating group) is 1. The molecule has 30 heavy (non-hydrogen) atoms. The van der Waals surface area contributed by atoms with E-state index in [1.807, 2.05) is 0 Å². The van der Waals surface area contributed by atoms with Gasteiger partial charge in [0, 0.05) is 18.3 Å². The summed E-state index contributed by atoms with van der Waals surface area (Å²) in [7, 11) is 1.52. The second kappa shape index (κ2) is 9.78. The standard InChI is InChI=1S/C22H22FNO6/c1-3-24(17-7-5-16(23)6-8-17)20(25)14-30-21(26)9-4-15-12-18(27-2)22-19(13-15)28-10-11-29-22/h4-9,12-13H,3,10-11,14H2,1-2H3/b9-4+. The van der Waals surface area contributed by atoms with Crippen molar-refractivity contribution < 1.29 is 32.9 Å². The second-order valence-corrected chi connectivity index (χ2v) is 6.30. The van der Waals surface area contributed by atoms with Crippen LogP contribution in [0.2, 0.25) is 0 Å². The predicted molar refractivity (Wildman–Crippen MR) is 108 cm³/mol. The zero-order chi connectivity index (χ0) is 21.5. The average Bonchev–Trinajstić information content (AvgIpc) is 2.77. The zero-order valence-corrected chi connectivity index (χ0v) is 16.7. The number of esters is 1. The Morgan fingerprint density at radius 2 is 1.90 bits per heavy atom. The lowest BCUT2D eigenvalue weighted by atomic mass is 10.1. The lowest BCUT2D eigenvalue weighted by molar-refractivity contribution is -0.142. The van der Waals surface area contributed by atoms with Crippen molar-refractivity contribution in [2.45, 2.75) is 6.92 Å². The van der Waals surface area contributed by atoms with Crippen LogP contribution in [0.5, 0.6) is 17.2 Å². The van der Waals surface area contributed by atoms with Crippen LogP contribution in [0.3, 0.4) is 0 Å². The highest BCUT2D eigenvalue weighted by Crippen LogP contribution is 2.40. The van der Waals surface area contributed by atoms with Gasteiger partial charge in [-0.1, -0.05) is 0 Å². The molecule has 8 heteroatoms. The number of methoxy groups -OCH3 is 1. The zero-order valence-electron chi connectivity index (χ0n) is 16.7. The molecule has 3 rings (SSSR count). The highest BCUT2D eigenvalue weighted by molar-refractivity contribution is 5.96. The van der Waals surface area contributed by atoms with Crippen LogP contribution in [-0.2, 0) is 14.3 Å². The monoisotopic (exact) mass is 415 g/mol. The number of benzene rings is 2. The number of nitrogens with zero attached hydrogens (tertiary/aromatic N) is 1. The largest absolute Gasteiger partial charge is 0.493 e. The fraction of sp³-hybridized carbons (Fsp3) is 0.273. The topological polar surface area (TPSA) is 74.3 Å². The first-order valence-corrected chi connectivity index (χ1v) is 9.40. The van der Waals surface area contributed by atoms with E-state index in [4.69, 9.17) is 18.9 Å². The third-order valence-corrected chi connectivity index (χ3v) is 4.36. The van der Waals surface area contributed by atoms with Gasteiger partial charge < -0.3 is 23.8 Å². The van der Waals surface area contributed by atoms with Crippen molar-refractivity contribution in [1.82, 2.24) is 0 Å². The maximum absolute atomic E-state index is 13.1. The number of amides is 1. The molecule has 7 nitrogen and oxygen atoms in total. The average molecular weight is 415 g/mol. The van der Waals surface area contributed by atoms with Gasteiger partial charge in [-0.05, 0) is 55.0 Å². The van der Waals surface area contributed by atoms with Gasteiger partial charge in [-0.15, -0.1) is 0 Å². The summed E-state index contributed by atoms with van der Waals surface area (Å²) in [5.41, 5.74) is 1.18. The number of hydrogen-bond acceptors (Lipinski definition) is 6. The molecule has 2 aromatic carbocycles. The molecule has 0 N–H and O–H groups in total. The summed E-state index contributed by atoms with van der Waals surface area (Å²) in [5, 5.41) is 0. The van der Waals surface area contributed by atoms with Crippen molar-refractivity contribution in [2.75, 3.05) is 38.4 Å². The van der Waals surface area contributed by atoms with Gasteiger partial charge in [0.25, 0.3) is 5.91 Å². The van der Waals surface area contributed by atoms with Gasteiger partial charge in [0.05, 0.1) is 7.11 Å². The predicted octanol–water partition coefficient (Wildman–Crippen LogP) is 3.22. The van der Waals surface area contributed by atoms with E-state index in [0.29, 0.717) is 48.3 Å². The molecule has 1 aliphatic heterocycles. The molecule has 0 fully saturated rings. The van der Waals surface area contributed by atoms with E-state index in [1.165, 1.54) is 48.4 Å². The summed E-state index contributed by atoms with van der Waals surface area (Å²) in [6, 6.07) is 8.94. The van der Waals surface area contributed by atoms with E-state index < -0.39 is 24.3 Å². The molecule has 0 aromatic heterocycles. The number of carbonyl (C=O) groups excluding carboxylic acids is 2. The molecule has 1 amide bonds. The molecular weight excluding hydrogens is 393 g/mol. The molecule has 0 saturated heterocycles. The minimum atomic E-state index is -0.674. The van der Waals surface area contributed by atoms with Crippen molar-refractivity contribution in [3.63, 3.8) is 0 Å². The van der Waals surface area contributed by atoms with Crippen molar-refractivity contribution in [2.24, 2.45) is 0 Å². The van der Waals surface area contributed by atoms with Gasteiger partial charge in [-0.3, -0.25) is 4.79 Å². The molecule has 0 aliphatic carbocycles. The van der Waals surface area contributed by atoms with Gasteiger partial charge in [-0.25, -0.2) is 9.18 Å². The number of ether oxygens (including phenoxy) is 4. The number of fused-ring (bicyclic) bond motifs is 1. The Labute approximate surface area is 173 Å². The first-order chi connectivity index (χ1) is 14.5. The molecule has 1 heterocycles. The summed E-state index contributed by atoms with van der Waals surface area (Å²) in [4.78, 5) is 25.8. The lowest BCUT2D eigenvalue weighted by Gasteiger charge is -2.21. The second-order valence-electron chi connectivity index (χ2n) is 6.30. The molecule has 0 bridgehead atoms. The van der Waals surface area contributed by atoms with Crippen LogP contribution in [-0.4, -0.2) is 45.4 Å². The Morgan fingerprint density at radius 3 is 2.60 bits per heavy atom. The Bertz CT molecular complexity index is 924. The SMILES string of the molecule is CCN(C(=O)COC(=O)/C=C/c1cc(OC)c2c(c1)OCCO2)c1ccc(F)cc1. The number of hydrogen-bond donors (Lipinski definition) is 0. The van der Waals surface area contributed by atoms with Crippen molar-refractivity contribution in [3.05, 3.63) is 53.9 Å². The van der Waals surface area contributed by atoms with Gasteiger partial charge >= 0.3 is 5.97 Å². The molecule has 0 radical (unpaired) electrons. The minimum absolute atomic E-state index is 0.356. The Hall–Kier alpha value is -3.55. The number of halogens is 1. The first kappa shape index (κ1) is 21.2. The first-order valence-electron chi connectivity index (χ1n) is 9.40. The van der Waals surface area contributed by atoms with Gasteiger partial charge in [0.15, 0.2) is 18.1 Å². The van der Waals surface area contributed by atoms with Crippen molar-refractivity contribution in [3.8, 4) is 17.2 Å². The highest BCUT2D eigenvalue weighted by atomic mass is 19.1. The van der Waals surface area contributed by atoms with Crippen LogP contribution in [0, 0.1) is 5.82 Å². The maximum atomic E-state index is 13.1. The van der Waals surface area contributed by atoms with E-state index in [-0.39, 0.29) is 0 Å². The Morgan fingerprint density at radius 1 is 1.17 bits per heavy atom. The smallest absolute Gasteiger partial charge is 0.331 e. The van der Waals surface area contributed by atoms with Crippen LogP contribution in [0.15, 0.2) is 42.5 Å². The third kappa shape index (κ3) is 5.08. The van der Waals surface area contributed by atoms with Crippen LogP contribution >= 0.6 is 0 Å². The Kier molecular flexibility index (Phi) is 6.90. The minimum Gasteiger partial charge on any atom is -0.493 e. The van der Waals surface area contributed by atoms with E-state index >= 15 is 0 Å². The molecule has 0 atom stereocenters. The van der Waals surface area contributed by atoms with E-state index in [9.17, 15) is 14.0 Å². The van der Waals surface area contributed by atoms with E-state index in [0.717, 1.165) is 0 Å². The summed E-state index contributed by atoms with van der Waals surface area (Å²) in [6.07, 6.45) is 2.75.